The van der Waals surface area contributed by atoms with E-state index in [1.165, 1.54) is 7.11 Å². The monoisotopic (exact) mass is 314 g/mol. The average molecular weight is 314 g/mol. The van der Waals surface area contributed by atoms with E-state index in [0.717, 1.165) is 5.56 Å². The highest BCUT2D eigenvalue weighted by Crippen LogP contribution is 2.08. The highest BCUT2D eigenvalue weighted by Gasteiger charge is 2.23. The average Bonchev–Trinajstić information content (AvgIpc) is 2.54. The van der Waals surface area contributed by atoms with E-state index in [1.807, 2.05) is 50.2 Å². The molecule has 0 aromatic heterocycles. The zero-order chi connectivity index (χ0) is 17.2. The van der Waals surface area contributed by atoms with Gasteiger partial charge in [-0.15, -0.1) is 0 Å². The van der Waals surface area contributed by atoms with Crippen molar-refractivity contribution in [2.24, 2.45) is 5.92 Å². The van der Waals surface area contributed by atoms with Crippen LogP contribution in [0.3, 0.4) is 0 Å². The number of methoxy groups -OCH3 is 1. The van der Waals surface area contributed by atoms with Gasteiger partial charge in [-0.05, 0) is 17.9 Å². The molecule has 122 valence electrons. The summed E-state index contributed by atoms with van der Waals surface area (Å²) < 4.78 is 4.74. The van der Waals surface area contributed by atoms with Crippen LogP contribution in [-0.2, 0) is 20.7 Å². The number of carbonyl (C=O) groups excluding carboxylic acids is 2. The molecular formula is C18H22N2O3. The maximum absolute atomic E-state index is 12.2. The number of rotatable bonds is 7. The lowest BCUT2D eigenvalue weighted by Crippen LogP contribution is -2.43. The molecule has 1 aromatic carbocycles. The Morgan fingerprint density at radius 1 is 1.30 bits per heavy atom. The van der Waals surface area contributed by atoms with Crippen LogP contribution >= 0.6 is 0 Å². The van der Waals surface area contributed by atoms with E-state index in [-0.39, 0.29) is 5.57 Å². The zero-order valence-corrected chi connectivity index (χ0v) is 13.7. The molecular weight excluding hydrogens is 292 g/mol. The summed E-state index contributed by atoms with van der Waals surface area (Å²) >= 11 is 0. The van der Waals surface area contributed by atoms with Gasteiger partial charge in [0.15, 0.2) is 0 Å². The summed E-state index contributed by atoms with van der Waals surface area (Å²) in [5.74, 6) is -0.755. The molecule has 23 heavy (non-hydrogen) atoms. The molecule has 1 rings (SSSR count). The molecule has 0 radical (unpaired) electrons. The first-order chi connectivity index (χ1) is 11.0. The minimum Gasteiger partial charge on any atom is -0.467 e. The minimum atomic E-state index is -0.828. The van der Waals surface area contributed by atoms with Crippen LogP contribution in [0.25, 0.3) is 0 Å². The van der Waals surface area contributed by atoms with E-state index >= 15 is 0 Å². The van der Waals surface area contributed by atoms with Gasteiger partial charge in [0, 0.05) is 6.42 Å². The van der Waals surface area contributed by atoms with E-state index < -0.39 is 17.9 Å². The predicted octanol–water partition coefficient (Wildman–Crippen LogP) is 2.38. The van der Waals surface area contributed by atoms with Crippen molar-refractivity contribution in [1.29, 1.82) is 5.26 Å². The number of allylic oxidation sites excluding steroid dienone is 1. The fourth-order valence-corrected chi connectivity index (χ4v) is 1.96. The lowest BCUT2D eigenvalue weighted by Gasteiger charge is -2.16. The van der Waals surface area contributed by atoms with Crippen LogP contribution in [0, 0.1) is 17.2 Å². The predicted molar refractivity (Wildman–Crippen MR) is 87.2 cm³/mol. The lowest BCUT2D eigenvalue weighted by molar-refractivity contribution is -0.144. The molecule has 0 fully saturated rings. The smallest absolute Gasteiger partial charge is 0.328 e. The van der Waals surface area contributed by atoms with Crippen molar-refractivity contribution < 1.29 is 14.3 Å². The number of amides is 1. The second-order valence-corrected chi connectivity index (χ2v) is 5.60. The van der Waals surface area contributed by atoms with Crippen LogP contribution in [0.15, 0.2) is 42.0 Å². The molecule has 1 aromatic rings. The van der Waals surface area contributed by atoms with Crippen LogP contribution in [0.4, 0.5) is 0 Å². The van der Waals surface area contributed by atoms with Crippen molar-refractivity contribution in [3.8, 4) is 6.07 Å². The molecule has 0 heterocycles. The van der Waals surface area contributed by atoms with Gasteiger partial charge in [-0.1, -0.05) is 50.3 Å². The summed E-state index contributed by atoms with van der Waals surface area (Å²) in [6, 6.07) is 10.4. The maximum Gasteiger partial charge on any atom is 0.328 e. The van der Waals surface area contributed by atoms with E-state index in [4.69, 9.17) is 10.00 Å². The number of hydrogen-bond acceptors (Lipinski definition) is 4. The third-order valence-corrected chi connectivity index (χ3v) is 3.23. The molecule has 0 saturated carbocycles. The number of benzene rings is 1. The van der Waals surface area contributed by atoms with Crippen LogP contribution in [0.2, 0.25) is 0 Å². The second kappa shape index (κ2) is 9.42. The summed E-state index contributed by atoms with van der Waals surface area (Å²) in [5.41, 5.74) is 0.911. The van der Waals surface area contributed by atoms with E-state index in [2.05, 4.69) is 5.32 Å². The fraction of sp³-hybridized carbons (Fsp3) is 0.389. The molecule has 1 amide bonds. The van der Waals surface area contributed by atoms with Gasteiger partial charge in [-0.2, -0.15) is 5.26 Å². The summed E-state index contributed by atoms with van der Waals surface area (Å²) in [6.07, 6.45) is 2.52. The Morgan fingerprint density at radius 2 is 1.96 bits per heavy atom. The Balaban J connectivity index is 2.84. The summed E-state index contributed by atoms with van der Waals surface area (Å²) in [4.78, 5) is 24.1. The van der Waals surface area contributed by atoms with Crippen molar-refractivity contribution in [2.75, 3.05) is 7.11 Å². The van der Waals surface area contributed by atoms with Gasteiger partial charge in [0.05, 0.1) is 7.11 Å². The quantitative estimate of drug-likeness (QED) is 0.476. The molecule has 0 saturated heterocycles. The van der Waals surface area contributed by atoms with Crippen molar-refractivity contribution in [2.45, 2.75) is 32.7 Å². The highest BCUT2D eigenvalue weighted by atomic mass is 16.5. The Kier molecular flexibility index (Phi) is 7.55. The van der Waals surface area contributed by atoms with Gasteiger partial charge in [0.1, 0.15) is 17.7 Å². The molecule has 0 aliphatic rings. The van der Waals surface area contributed by atoms with Gasteiger partial charge in [-0.25, -0.2) is 4.79 Å². The molecule has 1 atom stereocenters. The maximum atomic E-state index is 12.2. The Labute approximate surface area is 137 Å². The van der Waals surface area contributed by atoms with E-state index in [9.17, 15) is 9.59 Å². The van der Waals surface area contributed by atoms with Gasteiger partial charge >= 0.3 is 5.97 Å². The molecule has 0 aliphatic carbocycles. The molecule has 1 N–H and O–H groups in total. The third-order valence-electron chi connectivity index (χ3n) is 3.23. The number of nitriles is 1. The lowest BCUT2D eigenvalue weighted by atomic mass is 10.0. The highest BCUT2D eigenvalue weighted by molar-refractivity contribution is 5.99. The fourth-order valence-electron chi connectivity index (χ4n) is 1.96. The number of carbonyl (C=O) groups is 2. The van der Waals surface area contributed by atoms with Crippen LogP contribution < -0.4 is 5.32 Å². The summed E-state index contributed by atoms with van der Waals surface area (Å²) in [7, 11) is 1.27. The van der Waals surface area contributed by atoms with Crippen LogP contribution in [0.1, 0.15) is 25.8 Å². The first-order valence-electron chi connectivity index (χ1n) is 7.50. The van der Waals surface area contributed by atoms with Crippen molar-refractivity contribution in [3.63, 3.8) is 0 Å². The van der Waals surface area contributed by atoms with Gasteiger partial charge in [0.2, 0.25) is 0 Å². The van der Waals surface area contributed by atoms with Gasteiger partial charge < -0.3 is 10.1 Å². The SMILES string of the molecule is COC(=O)[C@H](Cc1ccccc1)NC(=O)/C(C#N)=C/CC(C)C. The number of nitrogens with one attached hydrogen (secondary N) is 1. The van der Waals surface area contributed by atoms with Crippen molar-refractivity contribution in [3.05, 3.63) is 47.5 Å². The number of esters is 1. The molecule has 0 bridgehead atoms. The molecule has 0 aliphatic heterocycles. The molecule has 0 unspecified atom stereocenters. The summed E-state index contributed by atoms with van der Waals surface area (Å²) in [6.45, 7) is 3.99. The third kappa shape index (κ3) is 6.35. The largest absolute Gasteiger partial charge is 0.467 e. The van der Waals surface area contributed by atoms with Crippen LogP contribution in [0.5, 0.6) is 0 Å². The first-order valence-corrected chi connectivity index (χ1v) is 7.50. The Bertz CT molecular complexity index is 600. The molecule has 5 heteroatoms. The molecule has 5 nitrogen and oxygen atoms in total. The Morgan fingerprint density at radius 3 is 2.48 bits per heavy atom. The van der Waals surface area contributed by atoms with E-state index in [1.54, 1.807) is 6.08 Å². The normalized spacial score (nSPS) is 12.4. The number of ether oxygens (including phenoxy) is 1. The second-order valence-electron chi connectivity index (χ2n) is 5.60. The number of nitrogens with zero attached hydrogens (tertiary/aromatic N) is 1. The first kappa shape index (κ1) is 18.4. The number of hydrogen-bond donors (Lipinski definition) is 1. The van der Waals surface area contributed by atoms with Gasteiger partial charge in [-0.3, -0.25) is 4.79 Å². The zero-order valence-electron chi connectivity index (χ0n) is 13.7. The standard InChI is InChI=1S/C18H22N2O3/c1-13(2)9-10-15(12-19)17(21)20-16(18(22)23-3)11-14-7-5-4-6-8-14/h4-8,10,13,16H,9,11H2,1-3H3,(H,20,21)/b15-10+/t16-/m0/s1. The molecule has 0 spiro atoms. The van der Waals surface area contributed by atoms with E-state index in [0.29, 0.717) is 18.8 Å². The minimum absolute atomic E-state index is 0.0145. The topological polar surface area (TPSA) is 79.2 Å². The van der Waals surface area contributed by atoms with Crippen molar-refractivity contribution in [1.82, 2.24) is 5.32 Å². The van der Waals surface area contributed by atoms with Crippen LogP contribution in [-0.4, -0.2) is 25.0 Å². The van der Waals surface area contributed by atoms with Crippen molar-refractivity contribution >= 4 is 11.9 Å². The Hall–Kier alpha value is -2.61. The van der Waals surface area contributed by atoms with Gasteiger partial charge in [0.25, 0.3) is 5.91 Å². The summed E-state index contributed by atoms with van der Waals surface area (Å²) in [5, 5.41) is 11.7.